The van der Waals surface area contributed by atoms with Crippen molar-refractivity contribution in [3.05, 3.63) is 70.7 Å². The lowest BCUT2D eigenvalue weighted by Crippen LogP contribution is -2.25. The van der Waals surface area contributed by atoms with Crippen LogP contribution in [-0.2, 0) is 6.61 Å². The number of ether oxygens (including phenoxy) is 1. The summed E-state index contributed by atoms with van der Waals surface area (Å²) in [6, 6.07) is 11.2. The molecule has 3 aromatic rings. The zero-order valence-electron chi connectivity index (χ0n) is 14.2. The Morgan fingerprint density at radius 2 is 2.00 bits per heavy atom. The fourth-order valence-corrected chi connectivity index (χ4v) is 3.38. The molecule has 0 atom stereocenters. The van der Waals surface area contributed by atoms with E-state index < -0.39 is 11.6 Å². The number of carbonyl (C=O) groups is 1. The number of nitrogens with one attached hydrogen (secondary N) is 1. The first-order valence-corrected chi connectivity index (χ1v) is 9.40. The van der Waals surface area contributed by atoms with Gasteiger partial charge in [-0.25, -0.2) is 13.8 Å². The van der Waals surface area contributed by atoms with Crippen LogP contribution < -0.4 is 10.1 Å². The van der Waals surface area contributed by atoms with Crippen molar-refractivity contribution in [1.82, 2.24) is 10.3 Å². The van der Waals surface area contributed by atoms with Crippen LogP contribution in [0.4, 0.5) is 8.78 Å². The number of aromatic nitrogens is 1. The minimum atomic E-state index is -0.907. The summed E-state index contributed by atoms with van der Waals surface area (Å²) in [4.78, 5) is 16.5. The van der Waals surface area contributed by atoms with E-state index in [0.29, 0.717) is 22.0 Å². The Kier molecular flexibility index (Phi) is 4.85. The van der Waals surface area contributed by atoms with Gasteiger partial charge in [-0.05, 0) is 42.7 Å². The van der Waals surface area contributed by atoms with E-state index in [1.165, 1.54) is 17.4 Å². The Bertz CT molecular complexity index is 986. The van der Waals surface area contributed by atoms with E-state index in [0.717, 1.165) is 30.5 Å². The molecule has 4 rings (SSSR count). The van der Waals surface area contributed by atoms with Gasteiger partial charge in [-0.3, -0.25) is 4.79 Å². The largest absolute Gasteiger partial charge is 0.488 e. The lowest BCUT2D eigenvalue weighted by molar-refractivity contribution is 0.0947. The molecule has 1 aliphatic rings. The summed E-state index contributed by atoms with van der Waals surface area (Å²) in [5.74, 6) is -1.40. The molecule has 0 bridgehead atoms. The van der Waals surface area contributed by atoms with Gasteiger partial charge in [-0.2, -0.15) is 0 Å². The molecule has 0 saturated heterocycles. The molecule has 1 aromatic heterocycles. The maximum atomic E-state index is 13.3. The minimum absolute atomic E-state index is 0.0919. The SMILES string of the molecule is O=C(NC1CC1)c1csc(-c2ccccc2OCc2ccc(F)c(F)c2)n1. The van der Waals surface area contributed by atoms with Crippen LogP contribution >= 0.6 is 11.3 Å². The third-order valence-corrected chi connectivity index (χ3v) is 5.02. The Morgan fingerprint density at radius 1 is 1.19 bits per heavy atom. The molecule has 1 aliphatic carbocycles. The highest BCUT2D eigenvalue weighted by atomic mass is 32.1. The Balaban J connectivity index is 1.51. The standard InChI is InChI=1S/C20H16F2N2O2S/c21-15-8-5-12(9-16(15)22)10-26-18-4-2-1-3-14(18)20-24-17(11-27-20)19(25)23-13-6-7-13/h1-5,8-9,11,13H,6-7,10H2,(H,23,25). The van der Waals surface area contributed by atoms with Gasteiger partial charge in [0.25, 0.3) is 5.91 Å². The van der Waals surface area contributed by atoms with Crippen molar-refractivity contribution in [2.45, 2.75) is 25.5 Å². The van der Waals surface area contributed by atoms with E-state index in [-0.39, 0.29) is 18.6 Å². The number of benzene rings is 2. The second kappa shape index (κ2) is 7.44. The maximum absolute atomic E-state index is 13.3. The predicted octanol–water partition coefficient (Wildman–Crippen LogP) is 4.56. The molecule has 0 unspecified atom stereocenters. The molecule has 27 heavy (non-hydrogen) atoms. The molecule has 2 aromatic carbocycles. The Hall–Kier alpha value is -2.80. The molecule has 4 nitrogen and oxygen atoms in total. The quantitative estimate of drug-likeness (QED) is 0.676. The van der Waals surface area contributed by atoms with Crippen LogP contribution in [0.25, 0.3) is 10.6 Å². The van der Waals surface area contributed by atoms with Crippen LogP contribution in [0.5, 0.6) is 5.75 Å². The monoisotopic (exact) mass is 386 g/mol. The number of amides is 1. The molecule has 1 N–H and O–H groups in total. The summed E-state index contributed by atoms with van der Waals surface area (Å²) in [6.07, 6.45) is 2.03. The molecular weight excluding hydrogens is 370 g/mol. The van der Waals surface area contributed by atoms with Crippen molar-refractivity contribution in [3.63, 3.8) is 0 Å². The number of hydrogen-bond donors (Lipinski definition) is 1. The van der Waals surface area contributed by atoms with Gasteiger partial charge in [0, 0.05) is 11.4 Å². The smallest absolute Gasteiger partial charge is 0.270 e. The van der Waals surface area contributed by atoms with Crippen molar-refractivity contribution in [2.75, 3.05) is 0 Å². The molecule has 7 heteroatoms. The summed E-state index contributed by atoms with van der Waals surface area (Å²) in [5, 5.41) is 5.30. The van der Waals surface area contributed by atoms with E-state index in [1.54, 1.807) is 11.4 Å². The van der Waals surface area contributed by atoms with Crippen molar-refractivity contribution < 1.29 is 18.3 Å². The molecule has 138 valence electrons. The third-order valence-electron chi connectivity index (χ3n) is 4.15. The van der Waals surface area contributed by atoms with Gasteiger partial charge >= 0.3 is 0 Å². The number of rotatable bonds is 6. The van der Waals surface area contributed by atoms with Crippen molar-refractivity contribution in [1.29, 1.82) is 0 Å². The molecule has 0 radical (unpaired) electrons. The third kappa shape index (κ3) is 4.14. The zero-order chi connectivity index (χ0) is 18.8. The average molecular weight is 386 g/mol. The number of halogens is 2. The summed E-state index contributed by atoms with van der Waals surface area (Å²) in [6.45, 7) is 0.0919. The van der Waals surface area contributed by atoms with E-state index in [1.807, 2.05) is 18.2 Å². The van der Waals surface area contributed by atoms with Crippen LogP contribution in [-0.4, -0.2) is 16.9 Å². The minimum Gasteiger partial charge on any atom is -0.488 e. The highest BCUT2D eigenvalue weighted by Gasteiger charge is 2.25. The Labute approximate surface area is 158 Å². The first kappa shape index (κ1) is 17.6. The molecule has 1 amide bonds. The lowest BCUT2D eigenvalue weighted by Gasteiger charge is -2.10. The van der Waals surface area contributed by atoms with E-state index in [4.69, 9.17) is 4.74 Å². The molecular formula is C20H16F2N2O2S. The highest BCUT2D eigenvalue weighted by Crippen LogP contribution is 2.33. The fourth-order valence-electron chi connectivity index (χ4n) is 2.55. The number of thiazole rings is 1. The summed E-state index contributed by atoms with van der Waals surface area (Å²) in [5.41, 5.74) is 1.65. The number of para-hydroxylation sites is 1. The normalized spacial score (nSPS) is 13.4. The van der Waals surface area contributed by atoms with Crippen LogP contribution in [0, 0.1) is 11.6 Å². The van der Waals surface area contributed by atoms with E-state index >= 15 is 0 Å². The number of nitrogens with zero attached hydrogens (tertiary/aromatic N) is 1. The van der Waals surface area contributed by atoms with Gasteiger partial charge in [0.05, 0.1) is 5.56 Å². The summed E-state index contributed by atoms with van der Waals surface area (Å²) >= 11 is 1.36. The van der Waals surface area contributed by atoms with Gasteiger partial charge in [0.2, 0.25) is 0 Å². The zero-order valence-corrected chi connectivity index (χ0v) is 15.1. The average Bonchev–Trinajstić information content (AvgIpc) is 3.34. The first-order chi connectivity index (χ1) is 13.1. The first-order valence-electron chi connectivity index (χ1n) is 8.52. The second-order valence-electron chi connectivity index (χ2n) is 6.32. The second-order valence-corrected chi connectivity index (χ2v) is 7.18. The van der Waals surface area contributed by atoms with Crippen molar-refractivity contribution in [2.24, 2.45) is 0 Å². The summed E-state index contributed by atoms with van der Waals surface area (Å²) in [7, 11) is 0. The molecule has 0 aliphatic heterocycles. The molecule has 1 heterocycles. The fraction of sp³-hybridized carbons (Fsp3) is 0.200. The maximum Gasteiger partial charge on any atom is 0.270 e. The highest BCUT2D eigenvalue weighted by molar-refractivity contribution is 7.13. The van der Waals surface area contributed by atoms with Gasteiger partial charge in [0.15, 0.2) is 11.6 Å². The summed E-state index contributed by atoms with van der Waals surface area (Å²) < 4.78 is 32.2. The molecule has 1 fully saturated rings. The van der Waals surface area contributed by atoms with Gasteiger partial charge in [-0.15, -0.1) is 11.3 Å². The van der Waals surface area contributed by atoms with E-state index in [9.17, 15) is 13.6 Å². The topological polar surface area (TPSA) is 51.2 Å². The van der Waals surface area contributed by atoms with Crippen LogP contribution in [0.3, 0.4) is 0 Å². The Morgan fingerprint density at radius 3 is 2.78 bits per heavy atom. The number of hydrogen-bond acceptors (Lipinski definition) is 4. The molecule has 0 spiro atoms. The van der Waals surface area contributed by atoms with Crippen LogP contribution in [0.15, 0.2) is 47.8 Å². The number of carbonyl (C=O) groups excluding carboxylic acids is 1. The van der Waals surface area contributed by atoms with Crippen LogP contribution in [0.2, 0.25) is 0 Å². The van der Waals surface area contributed by atoms with Crippen molar-refractivity contribution in [3.8, 4) is 16.3 Å². The van der Waals surface area contributed by atoms with Gasteiger partial charge in [0.1, 0.15) is 23.1 Å². The van der Waals surface area contributed by atoms with E-state index in [2.05, 4.69) is 10.3 Å². The molecule has 1 saturated carbocycles. The van der Waals surface area contributed by atoms with Gasteiger partial charge in [-0.1, -0.05) is 18.2 Å². The lowest BCUT2D eigenvalue weighted by atomic mass is 10.2. The van der Waals surface area contributed by atoms with Crippen LogP contribution in [0.1, 0.15) is 28.9 Å². The predicted molar refractivity (Wildman–Crippen MR) is 98.7 cm³/mol. The van der Waals surface area contributed by atoms with Crippen molar-refractivity contribution >= 4 is 17.2 Å². The van der Waals surface area contributed by atoms with Gasteiger partial charge < -0.3 is 10.1 Å².